The van der Waals surface area contributed by atoms with Crippen LogP contribution in [0.4, 0.5) is 0 Å². The summed E-state index contributed by atoms with van der Waals surface area (Å²) in [7, 11) is 3.18. The molecule has 2 aromatic rings. The lowest BCUT2D eigenvalue weighted by atomic mass is 10.1. The maximum atomic E-state index is 13.2. The topological polar surface area (TPSA) is 67.9 Å². The van der Waals surface area contributed by atoms with Crippen LogP contribution in [-0.4, -0.2) is 43.5 Å². The standard InChI is InChI=1S/C25H34N2O4/c1-6-15-26-25(29)19(3)27(17-21-10-8-7-9-18(21)2)24(28)14-12-20-11-13-22(30-4)23(16-20)31-5/h7-11,13,16,19H,6,12,14-15,17H2,1-5H3,(H,26,29)/t19-/m1/s1. The molecule has 0 saturated heterocycles. The van der Waals surface area contributed by atoms with Gasteiger partial charge in [0.1, 0.15) is 6.04 Å². The Kier molecular flexibility index (Phi) is 9.38. The number of carbonyl (C=O) groups excluding carboxylic acids is 2. The number of amides is 2. The lowest BCUT2D eigenvalue weighted by Crippen LogP contribution is -2.47. The summed E-state index contributed by atoms with van der Waals surface area (Å²) in [5.41, 5.74) is 3.11. The van der Waals surface area contributed by atoms with E-state index < -0.39 is 6.04 Å². The second-order valence-electron chi connectivity index (χ2n) is 7.60. The Labute approximate surface area is 185 Å². The van der Waals surface area contributed by atoms with E-state index in [4.69, 9.17) is 9.47 Å². The van der Waals surface area contributed by atoms with Crippen LogP contribution in [0.15, 0.2) is 42.5 Å². The van der Waals surface area contributed by atoms with Crippen molar-refractivity contribution in [1.29, 1.82) is 0 Å². The van der Waals surface area contributed by atoms with Gasteiger partial charge in [-0.15, -0.1) is 0 Å². The predicted octanol–water partition coefficient (Wildman–Crippen LogP) is 3.89. The van der Waals surface area contributed by atoms with Crippen molar-refractivity contribution in [3.63, 3.8) is 0 Å². The number of nitrogens with one attached hydrogen (secondary N) is 1. The Morgan fingerprint density at radius 1 is 1.06 bits per heavy atom. The molecule has 1 atom stereocenters. The third-order valence-electron chi connectivity index (χ3n) is 5.39. The molecule has 0 aliphatic carbocycles. The minimum atomic E-state index is -0.552. The van der Waals surface area contributed by atoms with Crippen molar-refractivity contribution in [3.05, 3.63) is 59.2 Å². The second kappa shape index (κ2) is 12.0. The average Bonchev–Trinajstić information content (AvgIpc) is 2.79. The van der Waals surface area contributed by atoms with Crippen molar-refractivity contribution in [2.45, 2.75) is 52.6 Å². The molecule has 0 aromatic heterocycles. The first-order valence-electron chi connectivity index (χ1n) is 10.7. The summed E-state index contributed by atoms with van der Waals surface area (Å²) in [5.74, 6) is 1.10. The first-order chi connectivity index (χ1) is 14.9. The molecule has 0 spiro atoms. The number of ether oxygens (including phenoxy) is 2. The molecule has 0 radical (unpaired) electrons. The predicted molar refractivity (Wildman–Crippen MR) is 122 cm³/mol. The molecule has 0 aliphatic rings. The Bertz CT molecular complexity index is 882. The van der Waals surface area contributed by atoms with Crippen LogP contribution in [0.1, 0.15) is 43.4 Å². The third kappa shape index (κ3) is 6.74. The first kappa shape index (κ1) is 24.3. The Hall–Kier alpha value is -3.02. The number of methoxy groups -OCH3 is 2. The van der Waals surface area contributed by atoms with Gasteiger partial charge in [0.15, 0.2) is 11.5 Å². The molecule has 2 aromatic carbocycles. The molecule has 168 valence electrons. The smallest absolute Gasteiger partial charge is 0.242 e. The zero-order valence-electron chi connectivity index (χ0n) is 19.2. The van der Waals surface area contributed by atoms with Crippen molar-refractivity contribution in [1.82, 2.24) is 10.2 Å². The maximum absolute atomic E-state index is 13.2. The molecule has 1 N–H and O–H groups in total. The molecule has 6 heteroatoms. The number of aryl methyl sites for hydroxylation is 2. The van der Waals surface area contributed by atoms with Gasteiger partial charge < -0.3 is 19.7 Å². The number of benzene rings is 2. The largest absolute Gasteiger partial charge is 0.493 e. The van der Waals surface area contributed by atoms with E-state index in [1.165, 1.54) is 0 Å². The minimum absolute atomic E-state index is 0.0582. The van der Waals surface area contributed by atoms with Gasteiger partial charge in [-0.3, -0.25) is 9.59 Å². The lowest BCUT2D eigenvalue weighted by Gasteiger charge is -2.29. The summed E-state index contributed by atoms with van der Waals surface area (Å²) in [5, 5.41) is 2.91. The van der Waals surface area contributed by atoms with E-state index in [0.717, 1.165) is 23.1 Å². The van der Waals surface area contributed by atoms with Gasteiger partial charge in [0.05, 0.1) is 14.2 Å². The van der Waals surface area contributed by atoms with Gasteiger partial charge in [-0.2, -0.15) is 0 Å². The highest BCUT2D eigenvalue weighted by Crippen LogP contribution is 2.28. The van der Waals surface area contributed by atoms with Crippen molar-refractivity contribution in [2.24, 2.45) is 0 Å². The quantitative estimate of drug-likeness (QED) is 0.592. The monoisotopic (exact) mass is 426 g/mol. The highest BCUT2D eigenvalue weighted by atomic mass is 16.5. The molecule has 0 fully saturated rings. The van der Waals surface area contributed by atoms with Gasteiger partial charge in [-0.05, 0) is 55.5 Å². The van der Waals surface area contributed by atoms with E-state index in [1.54, 1.807) is 26.0 Å². The molecule has 0 heterocycles. The molecule has 6 nitrogen and oxygen atoms in total. The Morgan fingerprint density at radius 3 is 2.42 bits per heavy atom. The highest BCUT2D eigenvalue weighted by Gasteiger charge is 2.26. The van der Waals surface area contributed by atoms with Crippen molar-refractivity contribution >= 4 is 11.8 Å². The molecule has 2 rings (SSSR count). The van der Waals surface area contributed by atoms with Gasteiger partial charge in [-0.25, -0.2) is 0 Å². The van der Waals surface area contributed by atoms with Gasteiger partial charge in [-0.1, -0.05) is 37.3 Å². The van der Waals surface area contributed by atoms with E-state index in [2.05, 4.69) is 5.32 Å². The molecular formula is C25H34N2O4. The van der Waals surface area contributed by atoms with Crippen LogP contribution in [0.3, 0.4) is 0 Å². The molecule has 0 aliphatic heterocycles. The SMILES string of the molecule is CCCNC(=O)[C@@H](C)N(Cc1ccccc1C)C(=O)CCc1ccc(OC)c(OC)c1. The highest BCUT2D eigenvalue weighted by molar-refractivity contribution is 5.87. The molecule has 31 heavy (non-hydrogen) atoms. The third-order valence-corrected chi connectivity index (χ3v) is 5.39. The average molecular weight is 427 g/mol. The van der Waals surface area contributed by atoms with Gasteiger partial charge in [0, 0.05) is 19.5 Å². The van der Waals surface area contributed by atoms with Gasteiger partial charge in [0.2, 0.25) is 11.8 Å². The van der Waals surface area contributed by atoms with Crippen LogP contribution >= 0.6 is 0 Å². The maximum Gasteiger partial charge on any atom is 0.242 e. The van der Waals surface area contributed by atoms with E-state index in [0.29, 0.717) is 37.4 Å². The number of rotatable bonds is 11. The second-order valence-corrected chi connectivity index (χ2v) is 7.60. The van der Waals surface area contributed by atoms with Crippen molar-refractivity contribution in [2.75, 3.05) is 20.8 Å². The van der Waals surface area contributed by atoms with Crippen LogP contribution in [-0.2, 0) is 22.6 Å². The van der Waals surface area contributed by atoms with Crippen LogP contribution in [0.25, 0.3) is 0 Å². The fraction of sp³-hybridized carbons (Fsp3) is 0.440. The number of carbonyl (C=O) groups is 2. The minimum Gasteiger partial charge on any atom is -0.493 e. The first-order valence-corrected chi connectivity index (χ1v) is 10.7. The van der Waals surface area contributed by atoms with Crippen LogP contribution in [0, 0.1) is 6.92 Å². The molecule has 2 amide bonds. The summed E-state index contributed by atoms with van der Waals surface area (Å²) in [6, 6.07) is 13.0. The number of nitrogens with zero attached hydrogens (tertiary/aromatic N) is 1. The van der Waals surface area contributed by atoms with Crippen LogP contribution < -0.4 is 14.8 Å². The van der Waals surface area contributed by atoms with Gasteiger partial charge >= 0.3 is 0 Å². The van der Waals surface area contributed by atoms with Crippen LogP contribution in [0.2, 0.25) is 0 Å². The summed E-state index contributed by atoms with van der Waals surface area (Å²) in [6.45, 7) is 6.81. The molecule has 0 bridgehead atoms. The fourth-order valence-electron chi connectivity index (χ4n) is 3.38. The van der Waals surface area contributed by atoms with E-state index >= 15 is 0 Å². The van der Waals surface area contributed by atoms with E-state index in [1.807, 2.05) is 56.3 Å². The van der Waals surface area contributed by atoms with E-state index in [9.17, 15) is 9.59 Å². The molecular weight excluding hydrogens is 392 g/mol. The zero-order chi connectivity index (χ0) is 22.8. The molecule has 0 saturated carbocycles. The van der Waals surface area contributed by atoms with Crippen LogP contribution in [0.5, 0.6) is 11.5 Å². The summed E-state index contributed by atoms with van der Waals surface area (Å²) in [4.78, 5) is 27.5. The zero-order valence-corrected chi connectivity index (χ0v) is 19.2. The summed E-state index contributed by atoms with van der Waals surface area (Å²) < 4.78 is 10.6. The Balaban J connectivity index is 2.17. The summed E-state index contributed by atoms with van der Waals surface area (Å²) >= 11 is 0. The number of hydrogen-bond acceptors (Lipinski definition) is 4. The fourth-order valence-corrected chi connectivity index (χ4v) is 3.38. The van der Waals surface area contributed by atoms with Crippen molar-refractivity contribution in [3.8, 4) is 11.5 Å². The normalized spacial score (nSPS) is 11.5. The lowest BCUT2D eigenvalue weighted by molar-refractivity contribution is -0.140. The summed E-state index contributed by atoms with van der Waals surface area (Å²) in [6.07, 6.45) is 1.70. The number of hydrogen-bond donors (Lipinski definition) is 1. The van der Waals surface area contributed by atoms with E-state index in [-0.39, 0.29) is 11.8 Å². The van der Waals surface area contributed by atoms with Crippen molar-refractivity contribution < 1.29 is 19.1 Å². The Morgan fingerprint density at radius 2 is 1.77 bits per heavy atom. The molecule has 0 unspecified atom stereocenters. The van der Waals surface area contributed by atoms with Gasteiger partial charge in [0.25, 0.3) is 0 Å².